The molecule has 2 rings (SSSR count). The lowest BCUT2D eigenvalue weighted by atomic mass is 10.4. The fourth-order valence-corrected chi connectivity index (χ4v) is 2.16. The predicted molar refractivity (Wildman–Crippen MR) is 81.1 cm³/mol. The third-order valence-electron chi connectivity index (χ3n) is 3.27. The minimum Gasteiger partial charge on any atom is -0.448 e. The smallest absolute Gasteiger partial charge is 0.193 e. The van der Waals surface area contributed by atoms with E-state index in [0.29, 0.717) is 11.8 Å². The molecule has 0 radical (unpaired) electrons. The van der Waals surface area contributed by atoms with Crippen LogP contribution in [0.25, 0.3) is 0 Å². The molecule has 2 aromatic heterocycles. The molecule has 1 N–H and O–H groups in total. The molecule has 0 saturated heterocycles. The molecule has 0 spiro atoms. The summed E-state index contributed by atoms with van der Waals surface area (Å²) in [5.41, 5.74) is 0.983. The number of halogens is 1. The maximum atomic E-state index is 5.73. The van der Waals surface area contributed by atoms with Gasteiger partial charge >= 0.3 is 0 Å². The van der Waals surface area contributed by atoms with Crippen LogP contribution in [0.3, 0.4) is 0 Å². The minimum atomic E-state index is 0.414. The highest BCUT2D eigenvalue weighted by Gasteiger charge is 2.03. The number of likely N-dealkylation sites (N-methyl/N-ethyl adjacent to an activating group) is 1. The monoisotopic (exact) mass is 296 g/mol. The number of nitrogens with one attached hydrogen (secondary N) is 1. The van der Waals surface area contributed by atoms with Crippen LogP contribution < -0.4 is 5.32 Å². The van der Waals surface area contributed by atoms with Gasteiger partial charge < -0.3 is 14.6 Å². The summed E-state index contributed by atoms with van der Waals surface area (Å²) in [4.78, 5) is 2.37. The predicted octanol–water partition coefficient (Wildman–Crippen LogP) is 3.08. The Bertz CT molecular complexity index is 519. The van der Waals surface area contributed by atoms with E-state index in [0.717, 1.165) is 37.6 Å². The summed E-state index contributed by atoms with van der Waals surface area (Å²) in [5, 5.41) is 8.02. The Hall–Kier alpha value is -1.46. The Labute approximate surface area is 124 Å². The number of aromatic nitrogens is 2. The van der Waals surface area contributed by atoms with Gasteiger partial charge in [-0.15, -0.1) is 0 Å². The van der Waals surface area contributed by atoms with Crippen molar-refractivity contribution in [3.8, 4) is 0 Å². The van der Waals surface area contributed by atoms with E-state index in [1.165, 1.54) is 0 Å². The van der Waals surface area contributed by atoms with Gasteiger partial charge in [0.25, 0.3) is 0 Å². The van der Waals surface area contributed by atoms with Gasteiger partial charge in [0.15, 0.2) is 5.22 Å². The van der Waals surface area contributed by atoms with Crippen molar-refractivity contribution in [2.45, 2.75) is 26.9 Å². The molecule has 0 amide bonds. The highest BCUT2D eigenvalue weighted by Crippen LogP contribution is 2.14. The standard InChI is InChI=1S/C14H21ClN4O/c1-3-18(4-2)7-8-19-11-12(9-17-19)16-10-13-5-6-14(15)20-13/h5-6,9,11,16H,3-4,7-8,10H2,1-2H3. The van der Waals surface area contributed by atoms with Gasteiger partial charge in [0.2, 0.25) is 0 Å². The molecule has 2 aromatic rings. The molecule has 20 heavy (non-hydrogen) atoms. The topological polar surface area (TPSA) is 46.2 Å². The maximum absolute atomic E-state index is 5.73. The second-order valence-corrected chi connectivity index (χ2v) is 4.95. The highest BCUT2D eigenvalue weighted by atomic mass is 35.5. The summed E-state index contributed by atoms with van der Waals surface area (Å²) in [6.07, 6.45) is 3.83. The van der Waals surface area contributed by atoms with Crippen molar-refractivity contribution in [1.29, 1.82) is 0 Å². The molecule has 2 heterocycles. The van der Waals surface area contributed by atoms with Crippen molar-refractivity contribution in [2.75, 3.05) is 25.0 Å². The number of rotatable bonds is 8. The second kappa shape index (κ2) is 7.36. The lowest BCUT2D eigenvalue weighted by molar-refractivity contribution is 0.285. The third-order valence-corrected chi connectivity index (χ3v) is 3.47. The number of anilines is 1. The van der Waals surface area contributed by atoms with Crippen molar-refractivity contribution >= 4 is 17.3 Å². The van der Waals surface area contributed by atoms with Crippen molar-refractivity contribution < 1.29 is 4.42 Å². The van der Waals surface area contributed by atoms with Crippen LogP contribution in [0.15, 0.2) is 28.9 Å². The van der Waals surface area contributed by atoms with Crippen molar-refractivity contribution in [3.05, 3.63) is 35.5 Å². The lowest BCUT2D eigenvalue weighted by Gasteiger charge is -2.17. The average Bonchev–Trinajstić information content (AvgIpc) is 3.07. The first kappa shape index (κ1) is 14.9. The van der Waals surface area contributed by atoms with Crippen molar-refractivity contribution in [2.24, 2.45) is 0 Å². The van der Waals surface area contributed by atoms with Gasteiger partial charge in [-0.1, -0.05) is 13.8 Å². The molecule has 0 aliphatic heterocycles. The first-order valence-electron chi connectivity index (χ1n) is 6.94. The van der Waals surface area contributed by atoms with E-state index >= 15 is 0 Å². The van der Waals surface area contributed by atoms with Crippen LogP contribution >= 0.6 is 11.6 Å². The van der Waals surface area contributed by atoms with E-state index in [1.807, 2.05) is 23.1 Å². The fraction of sp³-hybridized carbons (Fsp3) is 0.500. The minimum absolute atomic E-state index is 0.414. The summed E-state index contributed by atoms with van der Waals surface area (Å²) in [6, 6.07) is 3.60. The third kappa shape index (κ3) is 4.28. The highest BCUT2D eigenvalue weighted by molar-refractivity contribution is 6.28. The van der Waals surface area contributed by atoms with Gasteiger partial charge in [-0.2, -0.15) is 5.10 Å². The van der Waals surface area contributed by atoms with Gasteiger partial charge in [0.05, 0.1) is 25.0 Å². The Morgan fingerprint density at radius 2 is 2.15 bits per heavy atom. The van der Waals surface area contributed by atoms with Crippen LogP contribution in [0.2, 0.25) is 5.22 Å². The van der Waals surface area contributed by atoms with Gasteiger partial charge in [-0.25, -0.2) is 0 Å². The Morgan fingerprint density at radius 3 is 2.80 bits per heavy atom. The summed E-state index contributed by atoms with van der Waals surface area (Å²) in [6.45, 7) is 9.01. The zero-order valence-corrected chi connectivity index (χ0v) is 12.7. The number of furan rings is 1. The molecule has 6 heteroatoms. The summed E-state index contributed by atoms with van der Waals surface area (Å²) in [7, 11) is 0. The van der Waals surface area contributed by atoms with Gasteiger partial charge in [-0.3, -0.25) is 4.68 Å². The van der Waals surface area contributed by atoms with Gasteiger partial charge in [-0.05, 0) is 36.8 Å². The van der Waals surface area contributed by atoms with Crippen molar-refractivity contribution in [1.82, 2.24) is 14.7 Å². The molecule has 0 unspecified atom stereocenters. The van der Waals surface area contributed by atoms with Crippen LogP contribution in [0, 0.1) is 0 Å². The van der Waals surface area contributed by atoms with Gasteiger partial charge in [0, 0.05) is 12.7 Å². The molecular formula is C14H21ClN4O. The van der Waals surface area contributed by atoms with E-state index in [2.05, 4.69) is 29.2 Å². The van der Waals surface area contributed by atoms with Crippen molar-refractivity contribution in [3.63, 3.8) is 0 Å². The molecule has 0 aliphatic carbocycles. The van der Waals surface area contributed by atoms with E-state index in [4.69, 9.17) is 16.0 Å². The molecule has 110 valence electrons. The molecule has 0 bridgehead atoms. The van der Waals surface area contributed by atoms with Crippen LogP contribution in [0.4, 0.5) is 5.69 Å². The molecule has 0 aromatic carbocycles. The quantitative estimate of drug-likeness (QED) is 0.813. The molecule has 5 nitrogen and oxygen atoms in total. The average molecular weight is 297 g/mol. The SMILES string of the molecule is CCN(CC)CCn1cc(NCc2ccc(Cl)o2)cn1. The molecule has 0 atom stereocenters. The first-order chi connectivity index (χ1) is 9.71. The maximum Gasteiger partial charge on any atom is 0.193 e. The first-order valence-corrected chi connectivity index (χ1v) is 7.32. The van der Waals surface area contributed by atoms with Crippen LogP contribution in [-0.4, -0.2) is 34.3 Å². The summed E-state index contributed by atoms with van der Waals surface area (Å²) < 4.78 is 7.24. The molecule has 0 aliphatic rings. The number of hydrogen-bond acceptors (Lipinski definition) is 4. The van der Waals surface area contributed by atoms with Crippen LogP contribution in [0.1, 0.15) is 19.6 Å². The zero-order chi connectivity index (χ0) is 14.4. The largest absolute Gasteiger partial charge is 0.448 e. The fourth-order valence-electron chi connectivity index (χ4n) is 2.00. The van der Waals surface area contributed by atoms with E-state index in [9.17, 15) is 0 Å². The number of nitrogens with zero attached hydrogens (tertiary/aromatic N) is 3. The second-order valence-electron chi connectivity index (χ2n) is 4.58. The molecule has 0 fully saturated rings. The summed E-state index contributed by atoms with van der Waals surface area (Å²) >= 11 is 5.73. The zero-order valence-electron chi connectivity index (χ0n) is 12.0. The Balaban J connectivity index is 1.80. The number of hydrogen-bond donors (Lipinski definition) is 1. The Kier molecular flexibility index (Phi) is 5.49. The Morgan fingerprint density at radius 1 is 1.35 bits per heavy atom. The van der Waals surface area contributed by atoms with E-state index in [-0.39, 0.29) is 0 Å². The molecule has 0 saturated carbocycles. The molecular weight excluding hydrogens is 276 g/mol. The normalized spacial score (nSPS) is 11.2. The van der Waals surface area contributed by atoms with E-state index in [1.54, 1.807) is 6.07 Å². The summed E-state index contributed by atoms with van der Waals surface area (Å²) in [5.74, 6) is 0.811. The van der Waals surface area contributed by atoms with Crippen LogP contribution in [0.5, 0.6) is 0 Å². The van der Waals surface area contributed by atoms with Gasteiger partial charge in [0.1, 0.15) is 5.76 Å². The van der Waals surface area contributed by atoms with Crippen LogP contribution in [-0.2, 0) is 13.1 Å². The lowest BCUT2D eigenvalue weighted by Crippen LogP contribution is -2.27. The van der Waals surface area contributed by atoms with E-state index < -0.39 is 0 Å².